The van der Waals surface area contributed by atoms with E-state index >= 15 is 0 Å². The maximum atomic E-state index is 12.0. The molecular formula is C33H50O3. The Balaban J connectivity index is 1.58. The van der Waals surface area contributed by atoms with Crippen LogP contribution in [0.25, 0.3) is 0 Å². The summed E-state index contributed by atoms with van der Waals surface area (Å²) in [4.78, 5) is 12.0. The zero-order valence-electron chi connectivity index (χ0n) is 22.9. The number of carboxylic acids is 1. The summed E-state index contributed by atoms with van der Waals surface area (Å²) >= 11 is 0. The molecule has 2 unspecified atom stereocenters. The number of benzene rings is 2. The Labute approximate surface area is 220 Å². The van der Waals surface area contributed by atoms with Crippen molar-refractivity contribution in [2.45, 2.75) is 123 Å². The van der Waals surface area contributed by atoms with E-state index in [2.05, 4.69) is 6.92 Å². The third-order valence-electron chi connectivity index (χ3n) is 7.44. The average molecular weight is 495 g/mol. The predicted molar refractivity (Wildman–Crippen MR) is 152 cm³/mol. The van der Waals surface area contributed by atoms with Crippen LogP contribution in [0.1, 0.15) is 127 Å². The van der Waals surface area contributed by atoms with Gasteiger partial charge in [0.2, 0.25) is 0 Å². The molecule has 0 aromatic heterocycles. The molecule has 200 valence electrons. The van der Waals surface area contributed by atoms with E-state index < -0.39 is 5.97 Å². The number of unbranched alkanes of at least 4 members (excludes halogenated alkanes) is 13. The summed E-state index contributed by atoms with van der Waals surface area (Å²) in [6, 6.07) is 18.1. The molecule has 36 heavy (non-hydrogen) atoms. The highest BCUT2D eigenvalue weighted by molar-refractivity contribution is 5.71. The fraction of sp³-hybridized carbons (Fsp3) is 0.606. The van der Waals surface area contributed by atoms with Crippen LogP contribution in [-0.2, 0) is 11.4 Å². The molecule has 0 aliphatic heterocycles. The maximum Gasteiger partial charge on any atom is 0.307 e. The standard InChI is InChI=1S/C33H50O3/c1-3-4-5-6-7-8-9-10-11-12-13-14-15-19-22-32(33(34)35)28(2)30-23-25-31(26-24-30)36-27-29-20-17-16-18-21-29/h16-18,20-21,23-26,28,32H,3-15,19,22,27H2,1-2H3,(H,34,35). The van der Waals surface area contributed by atoms with E-state index in [0.29, 0.717) is 6.61 Å². The summed E-state index contributed by atoms with van der Waals surface area (Å²) in [6.45, 7) is 4.85. The predicted octanol–water partition coefficient (Wildman–Crippen LogP) is 9.94. The Bertz CT molecular complexity index is 799. The second-order valence-electron chi connectivity index (χ2n) is 10.5. The second-order valence-corrected chi connectivity index (χ2v) is 10.5. The van der Waals surface area contributed by atoms with E-state index in [1.807, 2.05) is 61.5 Å². The van der Waals surface area contributed by atoms with Gasteiger partial charge < -0.3 is 9.84 Å². The molecule has 0 saturated carbocycles. The minimum absolute atomic E-state index is 0.00681. The lowest BCUT2D eigenvalue weighted by atomic mass is 9.84. The quantitative estimate of drug-likeness (QED) is 0.176. The molecule has 1 N–H and O–H groups in total. The fourth-order valence-electron chi connectivity index (χ4n) is 4.99. The Hall–Kier alpha value is -2.29. The molecule has 2 aromatic rings. The van der Waals surface area contributed by atoms with Gasteiger partial charge in [-0.05, 0) is 35.6 Å². The third kappa shape index (κ3) is 12.6. The number of hydrogen-bond acceptors (Lipinski definition) is 2. The van der Waals surface area contributed by atoms with Gasteiger partial charge in [0.25, 0.3) is 0 Å². The third-order valence-corrected chi connectivity index (χ3v) is 7.44. The van der Waals surface area contributed by atoms with E-state index in [0.717, 1.165) is 36.1 Å². The fourth-order valence-corrected chi connectivity index (χ4v) is 4.99. The van der Waals surface area contributed by atoms with Gasteiger partial charge in [-0.15, -0.1) is 0 Å². The summed E-state index contributed by atoms with van der Waals surface area (Å²) < 4.78 is 5.88. The molecule has 0 radical (unpaired) electrons. The van der Waals surface area contributed by atoms with Gasteiger partial charge in [-0.3, -0.25) is 4.79 Å². The van der Waals surface area contributed by atoms with Crippen molar-refractivity contribution < 1.29 is 14.6 Å². The van der Waals surface area contributed by atoms with Crippen LogP contribution in [0.2, 0.25) is 0 Å². The van der Waals surface area contributed by atoms with Crippen molar-refractivity contribution in [3.8, 4) is 5.75 Å². The number of carbonyl (C=O) groups is 1. The number of carboxylic acid groups (broad SMARTS) is 1. The van der Waals surface area contributed by atoms with Gasteiger partial charge in [0, 0.05) is 0 Å². The Morgan fingerprint density at radius 1 is 0.722 bits per heavy atom. The molecule has 0 amide bonds. The average Bonchev–Trinajstić information content (AvgIpc) is 2.90. The Morgan fingerprint density at radius 2 is 1.22 bits per heavy atom. The number of rotatable bonds is 21. The topological polar surface area (TPSA) is 46.5 Å². The van der Waals surface area contributed by atoms with Crippen molar-refractivity contribution in [2.75, 3.05) is 0 Å². The molecule has 0 aliphatic rings. The van der Waals surface area contributed by atoms with Gasteiger partial charge in [-0.25, -0.2) is 0 Å². The van der Waals surface area contributed by atoms with Crippen molar-refractivity contribution in [1.29, 1.82) is 0 Å². The lowest BCUT2D eigenvalue weighted by Gasteiger charge is -2.21. The van der Waals surface area contributed by atoms with Crippen LogP contribution in [0.5, 0.6) is 5.75 Å². The van der Waals surface area contributed by atoms with Crippen LogP contribution >= 0.6 is 0 Å². The molecule has 2 rings (SSSR count). The lowest BCUT2D eigenvalue weighted by molar-refractivity contribution is -0.142. The molecule has 2 atom stereocenters. The molecular weight excluding hydrogens is 444 g/mol. The number of aliphatic carboxylic acids is 1. The first-order valence-electron chi connectivity index (χ1n) is 14.6. The normalized spacial score (nSPS) is 12.8. The van der Waals surface area contributed by atoms with E-state index in [1.54, 1.807) is 0 Å². The van der Waals surface area contributed by atoms with E-state index in [9.17, 15) is 9.90 Å². The Kier molecular flexibility index (Phi) is 15.7. The number of ether oxygens (including phenoxy) is 1. The summed E-state index contributed by atoms with van der Waals surface area (Å²) in [5.41, 5.74) is 2.20. The van der Waals surface area contributed by atoms with Crippen LogP contribution in [0.15, 0.2) is 54.6 Å². The monoisotopic (exact) mass is 494 g/mol. The van der Waals surface area contributed by atoms with Gasteiger partial charge in [0.05, 0.1) is 5.92 Å². The van der Waals surface area contributed by atoms with Crippen molar-refractivity contribution in [1.82, 2.24) is 0 Å². The summed E-state index contributed by atoms with van der Waals surface area (Å²) in [7, 11) is 0. The van der Waals surface area contributed by atoms with Crippen LogP contribution < -0.4 is 4.74 Å². The molecule has 0 fully saturated rings. The minimum Gasteiger partial charge on any atom is -0.489 e. The zero-order valence-corrected chi connectivity index (χ0v) is 22.9. The maximum absolute atomic E-state index is 12.0. The van der Waals surface area contributed by atoms with E-state index in [1.165, 1.54) is 77.0 Å². The van der Waals surface area contributed by atoms with Gasteiger partial charge >= 0.3 is 5.97 Å². The zero-order chi connectivity index (χ0) is 25.8. The van der Waals surface area contributed by atoms with Crippen LogP contribution in [0, 0.1) is 5.92 Å². The molecule has 3 heteroatoms. The van der Waals surface area contributed by atoms with E-state index in [4.69, 9.17) is 4.74 Å². The lowest BCUT2D eigenvalue weighted by Crippen LogP contribution is -2.20. The van der Waals surface area contributed by atoms with Crippen molar-refractivity contribution in [3.05, 3.63) is 65.7 Å². The van der Waals surface area contributed by atoms with Crippen molar-refractivity contribution >= 4 is 5.97 Å². The van der Waals surface area contributed by atoms with Crippen LogP contribution in [-0.4, -0.2) is 11.1 Å². The molecule has 0 heterocycles. The molecule has 2 aromatic carbocycles. The number of hydrogen-bond donors (Lipinski definition) is 1. The summed E-state index contributed by atoms with van der Waals surface area (Å²) in [5.74, 6) is -0.207. The first-order valence-corrected chi connectivity index (χ1v) is 14.6. The molecule has 3 nitrogen and oxygen atoms in total. The SMILES string of the molecule is CCCCCCCCCCCCCCCCC(C(=O)O)C(C)c1ccc(OCc2ccccc2)cc1. The molecule has 0 aliphatic carbocycles. The van der Waals surface area contributed by atoms with Crippen LogP contribution in [0.3, 0.4) is 0 Å². The smallest absolute Gasteiger partial charge is 0.307 e. The summed E-state index contributed by atoms with van der Waals surface area (Å²) in [5, 5.41) is 9.85. The molecule has 0 saturated heterocycles. The summed E-state index contributed by atoms with van der Waals surface area (Å²) in [6.07, 6.45) is 19.2. The van der Waals surface area contributed by atoms with Gasteiger partial charge in [-0.2, -0.15) is 0 Å². The highest BCUT2D eigenvalue weighted by Crippen LogP contribution is 2.30. The minimum atomic E-state index is -0.679. The molecule has 0 bridgehead atoms. The molecule has 0 spiro atoms. The largest absolute Gasteiger partial charge is 0.489 e. The second kappa shape index (κ2) is 18.9. The van der Waals surface area contributed by atoms with Crippen LogP contribution in [0.4, 0.5) is 0 Å². The highest BCUT2D eigenvalue weighted by Gasteiger charge is 2.25. The van der Waals surface area contributed by atoms with E-state index in [-0.39, 0.29) is 11.8 Å². The van der Waals surface area contributed by atoms with Crippen molar-refractivity contribution in [2.24, 2.45) is 5.92 Å². The first-order chi connectivity index (χ1) is 17.6. The Morgan fingerprint density at radius 3 is 1.72 bits per heavy atom. The van der Waals surface area contributed by atoms with Gasteiger partial charge in [0.1, 0.15) is 12.4 Å². The highest BCUT2D eigenvalue weighted by atomic mass is 16.5. The van der Waals surface area contributed by atoms with Gasteiger partial charge in [-0.1, -0.05) is 146 Å². The van der Waals surface area contributed by atoms with Gasteiger partial charge in [0.15, 0.2) is 0 Å². The first kappa shape index (κ1) is 29.9. The van der Waals surface area contributed by atoms with Crippen molar-refractivity contribution in [3.63, 3.8) is 0 Å².